The molecule has 4 heteroatoms. The van der Waals surface area contributed by atoms with Gasteiger partial charge in [0, 0.05) is 46.4 Å². The van der Waals surface area contributed by atoms with E-state index in [1.54, 1.807) is 0 Å². The molecule has 1 N–H and O–H groups in total. The molecule has 0 spiro atoms. The van der Waals surface area contributed by atoms with Gasteiger partial charge in [-0.25, -0.2) is 0 Å². The summed E-state index contributed by atoms with van der Waals surface area (Å²) in [6, 6.07) is 3.57. The van der Waals surface area contributed by atoms with Gasteiger partial charge in [-0.2, -0.15) is 0 Å². The fraction of sp³-hybridized carbons (Fsp3) is 0.750. The van der Waals surface area contributed by atoms with E-state index >= 15 is 0 Å². The van der Waals surface area contributed by atoms with Gasteiger partial charge in [-0.3, -0.25) is 4.90 Å². The van der Waals surface area contributed by atoms with Crippen LogP contribution < -0.4 is 5.32 Å². The van der Waals surface area contributed by atoms with Crippen LogP contribution in [0.3, 0.4) is 0 Å². The van der Waals surface area contributed by atoms with Crippen molar-refractivity contribution in [2.24, 2.45) is 11.8 Å². The highest BCUT2D eigenvalue weighted by Crippen LogP contribution is 2.25. The minimum Gasteiger partial charge on any atom is -0.311 e. The van der Waals surface area contributed by atoms with E-state index < -0.39 is 0 Å². The summed E-state index contributed by atoms with van der Waals surface area (Å²) in [4.78, 5) is 4.16. The molecule has 0 aromatic carbocycles. The average Bonchev–Trinajstić information content (AvgIpc) is 2.76. The molecular formula is C16H27BrN2S. The van der Waals surface area contributed by atoms with E-state index in [9.17, 15) is 0 Å². The topological polar surface area (TPSA) is 15.3 Å². The lowest BCUT2D eigenvalue weighted by Crippen LogP contribution is -2.57. The van der Waals surface area contributed by atoms with Crippen LogP contribution in [-0.4, -0.2) is 30.1 Å². The Morgan fingerprint density at radius 2 is 2.15 bits per heavy atom. The van der Waals surface area contributed by atoms with E-state index in [-0.39, 0.29) is 0 Å². The fourth-order valence-corrected chi connectivity index (χ4v) is 4.41. The highest BCUT2D eigenvalue weighted by atomic mass is 79.9. The number of hydrogen-bond acceptors (Lipinski definition) is 3. The lowest BCUT2D eigenvalue weighted by molar-refractivity contribution is 0.0934. The maximum Gasteiger partial charge on any atom is 0.0332 e. The van der Waals surface area contributed by atoms with Crippen molar-refractivity contribution in [3.8, 4) is 0 Å². The Labute approximate surface area is 136 Å². The molecule has 1 aliphatic rings. The summed E-state index contributed by atoms with van der Waals surface area (Å²) in [5, 5.41) is 5.94. The van der Waals surface area contributed by atoms with Crippen molar-refractivity contribution >= 4 is 27.3 Å². The molecule has 2 rings (SSSR count). The van der Waals surface area contributed by atoms with Gasteiger partial charge in [0.1, 0.15) is 0 Å². The summed E-state index contributed by atoms with van der Waals surface area (Å²) in [5.41, 5.74) is 0. The molecule has 0 aliphatic carbocycles. The van der Waals surface area contributed by atoms with Crippen molar-refractivity contribution in [3.63, 3.8) is 0 Å². The van der Waals surface area contributed by atoms with Gasteiger partial charge in [0.25, 0.3) is 0 Å². The zero-order valence-corrected chi connectivity index (χ0v) is 15.4. The molecule has 20 heavy (non-hydrogen) atoms. The molecule has 1 aromatic rings. The molecule has 2 atom stereocenters. The normalized spacial score (nSPS) is 24.8. The monoisotopic (exact) mass is 358 g/mol. The van der Waals surface area contributed by atoms with Crippen LogP contribution in [0.2, 0.25) is 0 Å². The first kappa shape index (κ1) is 16.5. The second-order valence-electron chi connectivity index (χ2n) is 6.70. The van der Waals surface area contributed by atoms with Crippen LogP contribution in [0.15, 0.2) is 15.9 Å². The molecule has 2 unspecified atom stereocenters. The van der Waals surface area contributed by atoms with Gasteiger partial charge in [0.2, 0.25) is 0 Å². The number of nitrogens with zero attached hydrogens (tertiary/aromatic N) is 1. The summed E-state index contributed by atoms with van der Waals surface area (Å²) >= 11 is 5.43. The van der Waals surface area contributed by atoms with Crippen molar-refractivity contribution < 1.29 is 0 Å². The zero-order valence-electron chi connectivity index (χ0n) is 13.0. The molecular weight excluding hydrogens is 332 g/mol. The maximum atomic E-state index is 3.75. The van der Waals surface area contributed by atoms with Crippen molar-refractivity contribution in [3.05, 3.63) is 20.8 Å². The number of rotatable bonds is 5. The van der Waals surface area contributed by atoms with Crippen molar-refractivity contribution in [1.29, 1.82) is 0 Å². The number of halogens is 1. The Bertz CT molecular complexity index is 416. The summed E-state index contributed by atoms with van der Waals surface area (Å²) in [5.74, 6) is 1.46. The second kappa shape index (κ2) is 7.39. The van der Waals surface area contributed by atoms with Crippen molar-refractivity contribution in [1.82, 2.24) is 10.2 Å². The zero-order chi connectivity index (χ0) is 14.7. The van der Waals surface area contributed by atoms with E-state index in [1.165, 1.54) is 22.3 Å². The van der Waals surface area contributed by atoms with E-state index in [2.05, 4.69) is 65.3 Å². The van der Waals surface area contributed by atoms with Crippen LogP contribution in [0, 0.1) is 11.8 Å². The van der Waals surface area contributed by atoms with E-state index in [0.29, 0.717) is 18.0 Å². The Morgan fingerprint density at radius 3 is 2.70 bits per heavy atom. The second-order valence-corrected chi connectivity index (χ2v) is 8.61. The maximum absolute atomic E-state index is 3.75. The number of nitrogens with one attached hydrogen (secondary N) is 1. The molecule has 0 radical (unpaired) electrons. The van der Waals surface area contributed by atoms with Crippen LogP contribution in [0.4, 0.5) is 0 Å². The van der Waals surface area contributed by atoms with Gasteiger partial charge < -0.3 is 5.32 Å². The molecule has 1 aliphatic heterocycles. The van der Waals surface area contributed by atoms with Gasteiger partial charge in [-0.1, -0.05) is 27.7 Å². The molecule has 2 heterocycles. The quantitative estimate of drug-likeness (QED) is 0.841. The fourth-order valence-electron chi connectivity index (χ4n) is 2.94. The van der Waals surface area contributed by atoms with Crippen molar-refractivity contribution in [2.45, 2.75) is 52.7 Å². The molecule has 0 bridgehead atoms. The standard InChI is InChI=1S/C16H27BrN2S/c1-11(2)5-14-7-18-16(12(3)4)9-19(14)8-15-6-13(17)10-20-15/h6,10-12,14,16,18H,5,7-9H2,1-4H3. The highest BCUT2D eigenvalue weighted by molar-refractivity contribution is 9.10. The van der Waals surface area contributed by atoms with Gasteiger partial charge >= 0.3 is 0 Å². The molecule has 2 nitrogen and oxygen atoms in total. The van der Waals surface area contributed by atoms with E-state index in [4.69, 9.17) is 0 Å². The summed E-state index contributed by atoms with van der Waals surface area (Å²) in [6.07, 6.45) is 1.28. The smallest absolute Gasteiger partial charge is 0.0332 e. The van der Waals surface area contributed by atoms with Crippen LogP contribution in [0.5, 0.6) is 0 Å². The Morgan fingerprint density at radius 1 is 1.40 bits per heavy atom. The molecule has 1 saturated heterocycles. The van der Waals surface area contributed by atoms with Crippen LogP contribution in [-0.2, 0) is 6.54 Å². The van der Waals surface area contributed by atoms with E-state index in [0.717, 1.165) is 19.0 Å². The molecule has 114 valence electrons. The van der Waals surface area contributed by atoms with Crippen LogP contribution in [0.1, 0.15) is 39.0 Å². The molecule has 1 fully saturated rings. The molecule has 0 amide bonds. The first-order valence-corrected chi connectivity index (χ1v) is 9.33. The van der Waals surface area contributed by atoms with Gasteiger partial charge in [-0.15, -0.1) is 11.3 Å². The third-order valence-electron chi connectivity index (χ3n) is 4.09. The lowest BCUT2D eigenvalue weighted by Gasteiger charge is -2.42. The summed E-state index contributed by atoms with van der Waals surface area (Å²) in [6.45, 7) is 12.7. The SMILES string of the molecule is CC(C)CC1CNC(C(C)C)CN1Cc1cc(Br)cs1. The van der Waals surface area contributed by atoms with Gasteiger partial charge in [0.05, 0.1) is 0 Å². The first-order valence-electron chi connectivity index (χ1n) is 7.66. The third-order valence-corrected chi connectivity index (χ3v) is 5.77. The van der Waals surface area contributed by atoms with Gasteiger partial charge in [-0.05, 0) is 40.3 Å². The predicted octanol–water partition coefficient (Wildman–Crippen LogP) is 4.36. The minimum absolute atomic E-state index is 0.627. The van der Waals surface area contributed by atoms with Crippen LogP contribution in [0.25, 0.3) is 0 Å². The Kier molecular flexibility index (Phi) is 6.09. The highest BCUT2D eigenvalue weighted by Gasteiger charge is 2.29. The predicted molar refractivity (Wildman–Crippen MR) is 92.3 cm³/mol. The molecule has 0 saturated carbocycles. The van der Waals surface area contributed by atoms with Gasteiger partial charge in [0.15, 0.2) is 0 Å². The molecule has 1 aromatic heterocycles. The average molecular weight is 359 g/mol. The van der Waals surface area contributed by atoms with Crippen LogP contribution >= 0.6 is 27.3 Å². The minimum atomic E-state index is 0.627. The number of hydrogen-bond donors (Lipinski definition) is 1. The Hall–Kier alpha value is 0.1000. The number of piperazine rings is 1. The summed E-state index contributed by atoms with van der Waals surface area (Å²) in [7, 11) is 0. The summed E-state index contributed by atoms with van der Waals surface area (Å²) < 4.78 is 1.22. The van der Waals surface area contributed by atoms with E-state index in [1.807, 2.05) is 11.3 Å². The lowest BCUT2D eigenvalue weighted by atomic mass is 9.95. The first-order chi connectivity index (χ1) is 9.45. The Balaban J connectivity index is 2.04. The number of thiophene rings is 1. The van der Waals surface area contributed by atoms with Crippen molar-refractivity contribution in [2.75, 3.05) is 13.1 Å². The third kappa shape index (κ3) is 4.55. The largest absolute Gasteiger partial charge is 0.311 e.